The largest absolute Gasteiger partial charge is 0.476 e. The lowest BCUT2D eigenvalue weighted by Gasteiger charge is -2.01. The molecular formula is C9H7BrFNO. The van der Waals surface area contributed by atoms with E-state index in [9.17, 15) is 4.39 Å². The van der Waals surface area contributed by atoms with Gasteiger partial charge in [-0.1, -0.05) is 0 Å². The Kier molecular flexibility index (Phi) is 2.31. The van der Waals surface area contributed by atoms with Crippen LogP contribution in [0.3, 0.4) is 0 Å². The number of hydrogen-bond donors (Lipinski definition) is 0. The Hall–Kier alpha value is -0.900. The number of rotatable bonds is 1. The van der Waals surface area contributed by atoms with Crippen LogP contribution in [0.4, 0.5) is 4.39 Å². The van der Waals surface area contributed by atoms with Gasteiger partial charge in [-0.2, -0.15) is 0 Å². The second-order valence-corrected chi connectivity index (χ2v) is 3.52. The summed E-state index contributed by atoms with van der Waals surface area (Å²) >= 11 is 3.08. The zero-order chi connectivity index (χ0) is 9.26. The van der Waals surface area contributed by atoms with Gasteiger partial charge < -0.3 is 4.74 Å². The molecule has 0 saturated carbocycles. The van der Waals surface area contributed by atoms with Crippen LogP contribution in [0.1, 0.15) is 5.56 Å². The summed E-state index contributed by atoms with van der Waals surface area (Å²) in [5.74, 6) is 0.238. The lowest BCUT2D eigenvalue weighted by Crippen LogP contribution is -2.01. The van der Waals surface area contributed by atoms with E-state index >= 15 is 0 Å². The number of benzene rings is 1. The summed E-state index contributed by atoms with van der Waals surface area (Å²) in [6, 6.07) is 4.83. The van der Waals surface area contributed by atoms with Gasteiger partial charge in [-0.05, 0) is 34.1 Å². The van der Waals surface area contributed by atoms with E-state index in [0.29, 0.717) is 29.1 Å². The van der Waals surface area contributed by atoms with E-state index in [4.69, 9.17) is 4.74 Å². The minimum Gasteiger partial charge on any atom is -0.476 e. The molecule has 0 aromatic heterocycles. The number of ether oxygens (including phenoxy) is 1. The highest BCUT2D eigenvalue weighted by Crippen LogP contribution is 2.18. The quantitative estimate of drug-likeness (QED) is 0.743. The standard InChI is InChI=1S/C9H7BrFNO/c10-7-2-1-6(5-8(7)11)9-12-3-4-13-9/h1-2,5H,3-4H2. The smallest absolute Gasteiger partial charge is 0.216 e. The molecule has 4 heteroatoms. The van der Waals surface area contributed by atoms with Gasteiger partial charge in [0.2, 0.25) is 5.90 Å². The van der Waals surface area contributed by atoms with E-state index in [2.05, 4.69) is 20.9 Å². The molecule has 1 aromatic carbocycles. The molecule has 0 amide bonds. The van der Waals surface area contributed by atoms with Crippen molar-refractivity contribution in [3.8, 4) is 0 Å². The van der Waals surface area contributed by atoms with Gasteiger partial charge in [0.05, 0.1) is 11.0 Å². The molecule has 0 aliphatic carbocycles. The van der Waals surface area contributed by atoms with E-state index < -0.39 is 0 Å². The van der Waals surface area contributed by atoms with Gasteiger partial charge in [-0.15, -0.1) is 0 Å². The molecule has 0 atom stereocenters. The number of nitrogens with zero attached hydrogens (tertiary/aromatic N) is 1. The van der Waals surface area contributed by atoms with Crippen molar-refractivity contribution >= 4 is 21.8 Å². The number of hydrogen-bond acceptors (Lipinski definition) is 2. The van der Waals surface area contributed by atoms with Crippen LogP contribution < -0.4 is 0 Å². The van der Waals surface area contributed by atoms with Crippen molar-refractivity contribution < 1.29 is 9.13 Å². The maximum Gasteiger partial charge on any atom is 0.216 e. The summed E-state index contributed by atoms with van der Waals surface area (Å²) < 4.78 is 18.7. The SMILES string of the molecule is Fc1cc(C2=NCCO2)ccc1Br. The molecule has 0 fully saturated rings. The fraction of sp³-hybridized carbons (Fsp3) is 0.222. The van der Waals surface area contributed by atoms with Gasteiger partial charge in [-0.25, -0.2) is 9.38 Å². The third-order valence-corrected chi connectivity index (χ3v) is 2.40. The summed E-state index contributed by atoms with van der Waals surface area (Å²) in [7, 11) is 0. The van der Waals surface area contributed by atoms with Crippen molar-refractivity contribution in [2.75, 3.05) is 13.2 Å². The second kappa shape index (κ2) is 3.46. The molecule has 1 aliphatic heterocycles. The first-order valence-corrected chi connectivity index (χ1v) is 4.69. The number of aliphatic imine (C=N–C) groups is 1. The van der Waals surface area contributed by atoms with Crippen molar-refractivity contribution in [1.29, 1.82) is 0 Å². The highest BCUT2D eigenvalue weighted by Gasteiger charge is 2.11. The Balaban J connectivity index is 2.36. The van der Waals surface area contributed by atoms with Crippen LogP contribution in [0.15, 0.2) is 27.7 Å². The third kappa shape index (κ3) is 1.72. The third-order valence-electron chi connectivity index (χ3n) is 1.75. The second-order valence-electron chi connectivity index (χ2n) is 2.66. The Morgan fingerprint density at radius 3 is 2.92 bits per heavy atom. The van der Waals surface area contributed by atoms with E-state index in [1.165, 1.54) is 6.07 Å². The summed E-state index contributed by atoms with van der Waals surface area (Å²) in [5.41, 5.74) is 0.693. The van der Waals surface area contributed by atoms with Crippen molar-refractivity contribution in [1.82, 2.24) is 0 Å². The zero-order valence-corrected chi connectivity index (χ0v) is 8.34. The molecule has 0 saturated heterocycles. The molecule has 0 bridgehead atoms. The molecule has 1 heterocycles. The highest BCUT2D eigenvalue weighted by molar-refractivity contribution is 9.10. The molecule has 0 spiro atoms. The Labute approximate surface area is 83.6 Å². The van der Waals surface area contributed by atoms with E-state index in [1.54, 1.807) is 12.1 Å². The predicted molar refractivity (Wildman–Crippen MR) is 51.5 cm³/mol. The molecular weight excluding hydrogens is 237 g/mol. The topological polar surface area (TPSA) is 21.6 Å². The minimum absolute atomic E-state index is 0.296. The highest BCUT2D eigenvalue weighted by atomic mass is 79.9. The molecule has 2 rings (SSSR count). The van der Waals surface area contributed by atoms with E-state index in [0.717, 1.165) is 0 Å². The lowest BCUT2D eigenvalue weighted by atomic mass is 10.2. The Bertz CT molecular complexity index is 365. The molecule has 2 nitrogen and oxygen atoms in total. The summed E-state index contributed by atoms with van der Waals surface area (Å²) in [4.78, 5) is 4.09. The molecule has 0 unspecified atom stereocenters. The van der Waals surface area contributed by atoms with Gasteiger partial charge >= 0.3 is 0 Å². The Morgan fingerprint density at radius 1 is 1.46 bits per heavy atom. The van der Waals surface area contributed by atoms with E-state index in [-0.39, 0.29) is 5.82 Å². The van der Waals surface area contributed by atoms with Crippen molar-refractivity contribution in [2.24, 2.45) is 4.99 Å². The van der Waals surface area contributed by atoms with Gasteiger partial charge in [0.1, 0.15) is 12.4 Å². The number of halogens is 2. The van der Waals surface area contributed by atoms with Crippen molar-refractivity contribution in [2.45, 2.75) is 0 Å². The zero-order valence-electron chi connectivity index (χ0n) is 6.76. The van der Waals surface area contributed by atoms with Crippen molar-refractivity contribution in [3.05, 3.63) is 34.1 Å². The molecule has 0 radical (unpaired) electrons. The molecule has 13 heavy (non-hydrogen) atoms. The molecule has 1 aromatic rings. The van der Waals surface area contributed by atoms with Crippen LogP contribution in [0.25, 0.3) is 0 Å². The van der Waals surface area contributed by atoms with Crippen molar-refractivity contribution in [3.63, 3.8) is 0 Å². The molecule has 68 valence electrons. The predicted octanol–water partition coefficient (Wildman–Crippen LogP) is 2.37. The van der Waals surface area contributed by atoms with Crippen LogP contribution >= 0.6 is 15.9 Å². The fourth-order valence-corrected chi connectivity index (χ4v) is 1.39. The van der Waals surface area contributed by atoms with Gasteiger partial charge in [0.25, 0.3) is 0 Å². The monoisotopic (exact) mass is 243 g/mol. The minimum atomic E-state index is -0.296. The average molecular weight is 244 g/mol. The maximum atomic E-state index is 13.1. The first-order valence-electron chi connectivity index (χ1n) is 3.90. The van der Waals surface area contributed by atoms with Crippen LogP contribution in [0, 0.1) is 5.82 Å². The van der Waals surface area contributed by atoms with Crippen LogP contribution in [-0.2, 0) is 4.74 Å². The average Bonchev–Trinajstić information content (AvgIpc) is 2.62. The normalized spacial score (nSPS) is 15.4. The van der Waals surface area contributed by atoms with Crippen LogP contribution in [-0.4, -0.2) is 19.0 Å². The molecule has 0 N–H and O–H groups in total. The van der Waals surface area contributed by atoms with Crippen LogP contribution in [0.5, 0.6) is 0 Å². The fourth-order valence-electron chi connectivity index (χ4n) is 1.14. The first kappa shape index (κ1) is 8.69. The van der Waals surface area contributed by atoms with E-state index in [1.807, 2.05) is 0 Å². The van der Waals surface area contributed by atoms with Crippen LogP contribution in [0.2, 0.25) is 0 Å². The first-order chi connectivity index (χ1) is 6.27. The summed E-state index contributed by atoms with van der Waals surface area (Å²) in [6.45, 7) is 1.25. The van der Waals surface area contributed by atoms with Gasteiger partial charge in [0.15, 0.2) is 0 Å². The van der Waals surface area contributed by atoms with Gasteiger partial charge in [-0.3, -0.25) is 0 Å². The summed E-state index contributed by atoms with van der Waals surface area (Å²) in [5, 5.41) is 0. The summed E-state index contributed by atoms with van der Waals surface area (Å²) in [6.07, 6.45) is 0. The van der Waals surface area contributed by atoms with Gasteiger partial charge in [0, 0.05) is 5.56 Å². The Morgan fingerprint density at radius 2 is 2.31 bits per heavy atom. The lowest BCUT2D eigenvalue weighted by molar-refractivity contribution is 0.348. The molecule has 1 aliphatic rings. The maximum absolute atomic E-state index is 13.1.